The Kier molecular flexibility index (Phi) is 2.04. The number of benzene rings is 1. The molecule has 0 aromatic heterocycles. The number of carbonyl (C=O) groups is 1. The van der Waals surface area contributed by atoms with E-state index in [-0.39, 0.29) is 11.3 Å². The third-order valence-electron chi connectivity index (χ3n) is 2.89. The van der Waals surface area contributed by atoms with Crippen molar-refractivity contribution >= 4 is 5.91 Å². The lowest BCUT2D eigenvalue weighted by Gasteiger charge is -2.13. The predicted molar refractivity (Wildman–Crippen MR) is 54.4 cm³/mol. The Morgan fingerprint density at radius 2 is 2.21 bits per heavy atom. The monoisotopic (exact) mass is 190 g/mol. The number of amides is 1. The molecule has 1 aliphatic carbocycles. The highest BCUT2D eigenvalue weighted by molar-refractivity contribution is 5.90. The summed E-state index contributed by atoms with van der Waals surface area (Å²) >= 11 is 0. The van der Waals surface area contributed by atoms with E-state index in [0.717, 1.165) is 18.4 Å². The molecule has 14 heavy (non-hydrogen) atoms. The second-order valence-electron chi connectivity index (χ2n) is 3.93. The van der Waals surface area contributed by atoms with Gasteiger partial charge in [0.15, 0.2) is 0 Å². The number of carbonyl (C=O) groups excluding carboxylic acids is 1. The van der Waals surface area contributed by atoms with Crippen LogP contribution in [0, 0.1) is 6.92 Å². The third kappa shape index (κ3) is 1.30. The van der Waals surface area contributed by atoms with Gasteiger partial charge in [0, 0.05) is 0 Å². The summed E-state index contributed by atoms with van der Waals surface area (Å²) in [5, 5.41) is 0. The van der Waals surface area contributed by atoms with Crippen molar-refractivity contribution in [2.45, 2.75) is 25.2 Å². The topological polar surface area (TPSA) is 55.1 Å². The van der Waals surface area contributed by atoms with Crippen molar-refractivity contribution in [1.82, 2.24) is 5.43 Å². The number of nitrogens with one attached hydrogen (secondary N) is 1. The zero-order valence-corrected chi connectivity index (χ0v) is 8.21. The molecule has 0 bridgehead atoms. The number of rotatable bonds is 2. The Morgan fingerprint density at radius 1 is 1.50 bits per heavy atom. The molecule has 0 atom stereocenters. The molecule has 3 heteroatoms. The van der Waals surface area contributed by atoms with Crippen LogP contribution in [0.15, 0.2) is 24.3 Å². The average Bonchev–Trinajstić information content (AvgIpc) is 2.97. The summed E-state index contributed by atoms with van der Waals surface area (Å²) in [5.41, 5.74) is 4.18. The van der Waals surface area contributed by atoms with Crippen LogP contribution in [0.2, 0.25) is 0 Å². The first kappa shape index (κ1) is 9.21. The molecular formula is C11H14N2O. The van der Waals surface area contributed by atoms with Crippen LogP contribution in [-0.2, 0) is 10.2 Å². The Labute approximate surface area is 83.3 Å². The van der Waals surface area contributed by atoms with E-state index < -0.39 is 0 Å². The van der Waals surface area contributed by atoms with Crippen LogP contribution in [0.3, 0.4) is 0 Å². The highest BCUT2D eigenvalue weighted by Gasteiger charge is 2.50. The van der Waals surface area contributed by atoms with Crippen LogP contribution >= 0.6 is 0 Å². The van der Waals surface area contributed by atoms with Gasteiger partial charge in [0.2, 0.25) is 5.91 Å². The number of hydrogen-bond donors (Lipinski definition) is 2. The maximum atomic E-state index is 11.6. The fourth-order valence-corrected chi connectivity index (χ4v) is 1.85. The molecule has 74 valence electrons. The lowest BCUT2D eigenvalue weighted by molar-refractivity contribution is -0.123. The van der Waals surface area contributed by atoms with Gasteiger partial charge in [0.25, 0.3) is 0 Å². The van der Waals surface area contributed by atoms with Crippen molar-refractivity contribution in [3.05, 3.63) is 35.4 Å². The predicted octanol–water partition coefficient (Wildman–Crippen LogP) is 1.02. The third-order valence-corrected chi connectivity index (χ3v) is 2.89. The highest BCUT2D eigenvalue weighted by atomic mass is 16.2. The van der Waals surface area contributed by atoms with Gasteiger partial charge >= 0.3 is 0 Å². The largest absolute Gasteiger partial charge is 0.293 e. The normalized spacial score (nSPS) is 17.6. The minimum Gasteiger partial charge on any atom is -0.293 e. The Bertz CT molecular complexity index is 369. The molecule has 1 aliphatic rings. The van der Waals surface area contributed by atoms with Gasteiger partial charge in [-0.25, -0.2) is 5.84 Å². The van der Waals surface area contributed by atoms with E-state index in [2.05, 4.69) is 11.5 Å². The van der Waals surface area contributed by atoms with Gasteiger partial charge in [-0.1, -0.05) is 29.8 Å². The molecule has 0 heterocycles. The molecule has 1 saturated carbocycles. The maximum Gasteiger partial charge on any atom is 0.244 e. The van der Waals surface area contributed by atoms with Crippen molar-refractivity contribution < 1.29 is 4.79 Å². The number of nitrogens with two attached hydrogens (primary N) is 1. The lowest BCUT2D eigenvalue weighted by atomic mass is 9.94. The van der Waals surface area contributed by atoms with Gasteiger partial charge in [-0.3, -0.25) is 10.2 Å². The highest BCUT2D eigenvalue weighted by Crippen LogP contribution is 2.48. The van der Waals surface area contributed by atoms with E-state index >= 15 is 0 Å². The van der Waals surface area contributed by atoms with Crippen LogP contribution < -0.4 is 11.3 Å². The lowest BCUT2D eigenvalue weighted by Crippen LogP contribution is -2.39. The van der Waals surface area contributed by atoms with Crippen molar-refractivity contribution in [2.75, 3.05) is 0 Å². The molecule has 1 aromatic rings. The summed E-state index contributed by atoms with van der Waals surface area (Å²) in [4.78, 5) is 11.6. The minimum atomic E-state index is -0.333. The van der Waals surface area contributed by atoms with E-state index in [1.807, 2.05) is 25.1 Å². The van der Waals surface area contributed by atoms with Gasteiger partial charge in [-0.15, -0.1) is 0 Å². The molecule has 1 fully saturated rings. The fraction of sp³-hybridized carbons (Fsp3) is 0.364. The van der Waals surface area contributed by atoms with E-state index in [1.165, 1.54) is 5.56 Å². The summed E-state index contributed by atoms with van der Waals surface area (Å²) in [6.07, 6.45) is 1.80. The molecule has 3 N–H and O–H groups in total. The quantitative estimate of drug-likeness (QED) is 0.415. The average molecular weight is 190 g/mol. The van der Waals surface area contributed by atoms with Crippen LogP contribution in [0.5, 0.6) is 0 Å². The Morgan fingerprint density at radius 3 is 2.71 bits per heavy atom. The first-order valence-electron chi connectivity index (χ1n) is 4.77. The Hall–Kier alpha value is -1.35. The second kappa shape index (κ2) is 3.10. The van der Waals surface area contributed by atoms with Crippen molar-refractivity contribution in [3.63, 3.8) is 0 Å². The first-order valence-corrected chi connectivity index (χ1v) is 4.77. The van der Waals surface area contributed by atoms with Crippen molar-refractivity contribution in [2.24, 2.45) is 5.84 Å². The minimum absolute atomic E-state index is 0.0666. The Balaban J connectivity index is 2.35. The van der Waals surface area contributed by atoms with Crippen LogP contribution in [-0.4, -0.2) is 5.91 Å². The maximum absolute atomic E-state index is 11.6. The van der Waals surface area contributed by atoms with Gasteiger partial charge in [-0.05, 0) is 25.3 Å². The molecule has 0 unspecified atom stereocenters. The zero-order chi connectivity index (χ0) is 10.2. The molecule has 2 rings (SSSR count). The van der Waals surface area contributed by atoms with Crippen molar-refractivity contribution in [3.8, 4) is 0 Å². The zero-order valence-electron chi connectivity index (χ0n) is 8.21. The van der Waals surface area contributed by atoms with Gasteiger partial charge in [0.05, 0.1) is 5.41 Å². The van der Waals surface area contributed by atoms with Gasteiger partial charge < -0.3 is 0 Å². The van der Waals surface area contributed by atoms with E-state index in [1.54, 1.807) is 0 Å². The number of hydrogen-bond acceptors (Lipinski definition) is 2. The second-order valence-corrected chi connectivity index (χ2v) is 3.93. The number of aryl methyl sites for hydroxylation is 1. The van der Waals surface area contributed by atoms with Crippen LogP contribution in [0.4, 0.5) is 0 Å². The molecule has 3 nitrogen and oxygen atoms in total. The first-order chi connectivity index (χ1) is 6.69. The smallest absolute Gasteiger partial charge is 0.244 e. The van der Waals surface area contributed by atoms with Crippen LogP contribution in [0.25, 0.3) is 0 Å². The van der Waals surface area contributed by atoms with Crippen molar-refractivity contribution in [1.29, 1.82) is 0 Å². The summed E-state index contributed by atoms with van der Waals surface area (Å²) in [7, 11) is 0. The van der Waals surface area contributed by atoms with E-state index in [4.69, 9.17) is 5.84 Å². The number of hydrazine groups is 1. The molecule has 1 aromatic carbocycles. The standard InChI is InChI=1S/C11H14N2O/c1-8-3-2-4-9(7-8)11(5-6-11)10(14)13-12/h2-4,7H,5-6,12H2,1H3,(H,13,14). The molecule has 1 amide bonds. The molecule has 0 aliphatic heterocycles. The molecule has 0 saturated heterocycles. The van der Waals surface area contributed by atoms with Crippen LogP contribution in [0.1, 0.15) is 24.0 Å². The van der Waals surface area contributed by atoms with E-state index in [0.29, 0.717) is 0 Å². The van der Waals surface area contributed by atoms with Gasteiger partial charge in [-0.2, -0.15) is 0 Å². The fourth-order valence-electron chi connectivity index (χ4n) is 1.85. The summed E-state index contributed by atoms with van der Waals surface area (Å²) in [6.45, 7) is 2.03. The molecule has 0 radical (unpaired) electrons. The molecular weight excluding hydrogens is 176 g/mol. The SMILES string of the molecule is Cc1cccc(C2(C(=O)NN)CC2)c1. The molecule has 0 spiro atoms. The van der Waals surface area contributed by atoms with Gasteiger partial charge in [0.1, 0.15) is 0 Å². The summed E-state index contributed by atoms with van der Waals surface area (Å²) < 4.78 is 0. The summed E-state index contributed by atoms with van der Waals surface area (Å²) in [6, 6.07) is 8.06. The summed E-state index contributed by atoms with van der Waals surface area (Å²) in [5.74, 6) is 5.11. The van der Waals surface area contributed by atoms with E-state index in [9.17, 15) is 4.79 Å².